The smallest absolute Gasteiger partial charge is 0.324 e. The summed E-state index contributed by atoms with van der Waals surface area (Å²) >= 11 is 0. The zero-order valence-electron chi connectivity index (χ0n) is 17.8. The number of fused-ring (bicyclic) bond motifs is 1. The molecule has 0 aliphatic carbocycles. The molecule has 3 aromatic rings. The van der Waals surface area contributed by atoms with E-state index in [4.69, 9.17) is 13.9 Å². The number of nitrogens with zero attached hydrogens (tertiary/aromatic N) is 2. The minimum atomic E-state index is -1.55. The van der Waals surface area contributed by atoms with E-state index in [2.05, 4.69) is 0 Å². The van der Waals surface area contributed by atoms with Crippen molar-refractivity contribution in [2.24, 2.45) is 13.0 Å². The summed E-state index contributed by atoms with van der Waals surface area (Å²) in [6, 6.07) is 6.60. The molecule has 0 saturated carbocycles. The van der Waals surface area contributed by atoms with Crippen molar-refractivity contribution in [2.45, 2.75) is 39.4 Å². The molecule has 0 unspecified atom stereocenters. The van der Waals surface area contributed by atoms with Gasteiger partial charge >= 0.3 is 11.9 Å². The molecule has 1 fully saturated rings. The summed E-state index contributed by atoms with van der Waals surface area (Å²) in [5.74, 6) is -5.99. The van der Waals surface area contributed by atoms with Gasteiger partial charge in [0.15, 0.2) is 11.3 Å². The lowest BCUT2D eigenvalue weighted by molar-refractivity contribution is -0.621. The van der Waals surface area contributed by atoms with E-state index in [0.717, 1.165) is 0 Å². The number of aromatic nitrogens is 2. The molecule has 4 rings (SSSR count). The molecule has 31 heavy (non-hydrogen) atoms. The van der Waals surface area contributed by atoms with Crippen molar-refractivity contribution in [2.75, 3.05) is 0 Å². The largest absolute Gasteiger partial charge is 0.711 e. The molecule has 0 amide bonds. The summed E-state index contributed by atoms with van der Waals surface area (Å²) in [6.07, 6.45) is 1.19. The average Bonchev–Trinajstić information content (AvgIpc) is 2.88. The van der Waals surface area contributed by atoms with E-state index < -0.39 is 35.0 Å². The van der Waals surface area contributed by atoms with E-state index in [1.54, 1.807) is 49.7 Å². The van der Waals surface area contributed by atoms with Gasteiger partial charge in [0.2, 0.25) is 0 Å². The van der Waals surface area contributed by atoms with Gasteiger partial charge in [-0.15, -0.1) is 0 Å². The van der Waals surface area contributed by atoms with E-state index in [9.17, 15) is 19.6 Å². The van der Waals surface area contributed by atoms with Crippen LogP contribution in [0.1, 0.15) is 42.5 Å². The fraction of sp³-hybridized carbons (Fsp3) is 0.364. The molecular formula is C22H22N2O7. The number of carbonyl (C=O) groups excluding carboxylic acids is 2. The maximum Gasteiger partial charge on any atom is 0.324 e. The molecule has 1 atom stereocenters. The second-order valence-electron chi connectivity index (χ2n) is 8.10. The van der Waals surface area contributed by atoms with Gasteiger partial charge in [-0.05, 0) is 12.1 Å². The Balaban J connectivity index is 2.01. The first-order valence-electron chi connectivity index (χ1n) is 9.75. The molecule has 0 spiro atoms. The number of ether oxygens (including phenoxy) is 2. The normalized spacial score (nSPS) is 17.5. The third kappa shape index (κ3) is 3.17. The van der Waals surface area contributed by atoms with Crippen molar-refractivity contribution < 1.29 is 28.2 Å². The Bertz CT molecular complexity index is 1240. The fourth-order valence-corrected chi connectivity index (χ4v) is 3.98. The van der Waals surface area contributed by atoms with Crippen LogP contribution < -0.4 is 10.2 Å². The predicted octanol–water partition coefficient (Wildman–Crippen LogP) is 1.97. The molecule has 2 aromatic heterocycles. The molecule has 0 radical (unpaired) electrons. The summed E-state index contributed by atoms with van der Waals surface area (Å²) in [6.45, 7) is 6.21. The van der Waals surface area contributed by atoms with Gasteiger partial charge in [0, 0.05) is 27.7 Å². The minimum absolute atomic E-state index is 0.0116. The topological polar surface area (TPSA) is 115 Å². The number of para-hydroxylation sites is 1. The van der Waals surface area contributed by atoms with E-state index in [1.165, 1.54) is 20.1 Å². The van der Waals surface area contributed by atoms with Gasteiger partial charge in [-0.2, -0.15) is 0 Å². The highest BCUT2D eigenvalue weighted by Crippen LogP contribution is 2.37. The Morgan fingerprint density at radius 1 is 1.10 bits per heavy atom. The molecule has 1 aliphatic heterocycles. The standard InChI is InChI=1S/C22H22N2O7/c1-11-12(2)24(28)19(23(11)5)16(17-20(26)30-22(3,4)31-21(17)27)14-10-29-15-9-7-6-8-13(15)18(14)25/h6-10,16-17H,1-5H3/t16-/m0/s1. The van der Waals surface area contributed by atoms with E-state index in [-0.39, 0.29) is 16.8 Å². The highest BCUT2D eigenvalue weighted by Gasteiger charge is 2.52. The van der Waals surface area contributed by atoms with Crippen molar-refractivity contribution in [3.05, 3.63) is 68.7 Å². The third-order valence-electron chi connectivity index (χ3n) is 5.74. The summed E-state index contributed by atoms with van der Waals surface area (Å²) in [4.78, 5) is 39.2. The molecule has 9 nitrogen and oxygen atoms in total. The lowest BCUT2D eigenvalue weighted by Crippen LogP contribution is -2.51. The molecular weight excluding hydrogens is 404 g/mol. The lowest BCUT2D eigenvalue weighted by Gasteiger charge is -2.35. The fourth-order valence-electron chi connectivity index (χ4n) is 3.98. The number of imidazole rings is 1. The SMILES string of the molecule is Cc1c(C)[n+]([O-])c([C@@H](c2coc3ccccc3c2=O)C2C(=O)OC(C)(C)OC2=O)n1C. The Labute approximate surface area is 177 Å². The van der Waals surface area contributed by atoms with Crippen molar-refractivity contribution in [1.82, 2.24) is 4.57 Å². The number of hydrogen-bond acceptors (Lipinski definition) is 7. The van der Waals surface area contributed by atoms with Gasteiger partial charge in [-0.3, -0.25) is 14.4 Å². The van der Waals surface area contributed by atoms with Gasteiger partial charge < -0.3 is 19.1 Å². The molecule has 1 saturated heterocycles. The minimum Gasteiger partial charge on any atom is -0.711 e. The first kappa shape index (κ1) is 20.6. The molecule has 0 bridgehead atoms. The van der Waals surface area contributed by atoms with Gasteiger partial charge in [0.05, 0.1) is 24.3 Å². The summed E-state index contributed by atoms with van der Waals surface area (Å²) in [5.41, 5.74) is 0.888. The maximum atomic E-state index is 13.4. The van der Waals surface area contributed by atoms with Crippen LogP contribution in [-0.4, -0.2) is 22.3 Å². The highest BCUT2D eigenvalue weighted by molar-refractivity contribution is 5.98. The van der Waals surface area contributed by atoms with Gasteiger partial charge in [0.1, 0.15) is 22.9 Å². The molecule has 0 N–H and O–H groups in total. The predicted molar refractivity (Wildman–Crippen MR) is 108 cm³/mol. The number of esters is 2. The van der Waals surface area contributed by atoms with Gasteiger partial charge in [-0.25, -0.2) is 9.30 Å². The van der Waals surface area contributed by atoms with Crippen LogP contribution in [-0.2, 0) is 26.1 Å². The Morgan fingerprint density at radius 2 is 1.71 bits per heavy atom. The Hall–Kier alpha value is -3.62. The number of carbonyl (C=O) groups is 2. The van der Waals surface area contributed by atoms with Crippen LogP contribution in [0.2, 0.25) is 0 Å². The highest BCUT2D eigenvalue weighted by atomic mass is 16.7. The number of rotatable bonds is 3. The third-order valence-corrected chi connectivity index (χ3v) is 5.74. The summed E-state index contributed by atoms with van der Waals surface area (Å²) < 4.78 is 18.4. The van der Waals surface area contributed by atoms with Crippen molar-refractivity contribution in [3.63, 3.8) is 0 Å². The average molecular weight is 426 g/mol. The monoisotopic (exact) mass is 426 g/mol. The maximum absolute atomic E-state index is 13.4. The van der Waals surface area contributed by atoms with Crippen LogP contribution in [0, 0.1) is 25.0 Å². The van der Waals surface area contributed by atoms with E-state index in [1.807, 2.05) is 0 Å². The number of cyclic esters (lactones) is 2. The van der Waals surface area contributed by atoms with Crippen LogP contribution in [0.15, 0.2) is 39.7 Å². The van der Waals surface area contributed by atoms with Crippen molar-refractivity contribution in [1.29, 1.82) is 0 Å². The quantitative estimate of drug-likeness (QED) is 0.272. The second-order valence-corrected chi connectivity index (χ2v) is 8.10. The van der Waals surface area contributed by atoms with Crippen LogP contribution in [0.4, 0.5) is 0 Å². The van der Waals surface area contributed by atoms with Crippen molar-refractivity contribution in [3.8, 4) is 0 Å². The van der Waals surface area contributed by atoms with Gasteiger partial charge in [0.25, 0.3) is 11.6 Å². The Morgan fingerprint density at radius 3 is 2.29 bits per heavy atom. The molecule has 1 aromatic carbocycles. The zero-order chi connectivity index (χ0) is 22.7. The number of benzene rings is 1. The molecule has 3 heterocycles. The molecule has 1 aliphatic rings. The zero-order valence-corrected chi connectivity index (χ0v) is 17.8. The van der Waals surface area contributed by atoms with Crippen LogP contribution in [0.25, 0.3) is 11.0 Å². The van der Waals surface area contributed by atoms with Gasteiger partial charge in [-0.1, -0.05) is 12.1 Å². The molecule has 162 valence electrons. The molecule has 9 heteroatoms. The van der Waals surface area contributed by atoms with E-state index in [0.29, 0.717) is 21.7 Å². The Kier molecular flexibility index (Phi) is 4.64. The summed E-state index contributed by atoms with van der Waals surface area (Å²) in [5, 5.41) is 13.3. The van der Waals surface area contributed by atoms with E-state index >= 15 is 0 Å². The van der Waals surface area contributed by atoms with Crippen LogP contribution in [0.3, 0.4) is 0 Å². The lowest BCUT2D eigenvalue weighted by atomic mass is 9.84. The second kappa shape index (κ2) is 6.97. The number of hydrogen-bond donors (Lipinski definition) is 0. The first-order valence-corrected chi connectivity index (χ1v) is 9.75. The van der Waals surface area contributed by atoms with Crippen LogP contribution in [0.5, 0.6) is 0 Å². The summed E-state index contributed by atoms with van der Waals surface area (Å²) in [7, 11) is 1.63. The van der Waals surface area contributed by atoms with Crippen LogP contribution >= 0.6 is 0 Å². The van der Waals surface area contributed by atoms with Crippen molar-refractivity contribution >= 4 is 22.9 Å². The first-order chi connectivity index (χ1) is 14.5.